The number of anilines is 2. The number of nitro benzene ring substituents is 1. The summed E-state index contributed by atoms with van der Waals surface area (Å²) >= 11 is 6.22. The van der Waals surface area contributed by atoms with Gasteiger partial charge in [-0.2, -0.15) is 0 Å². The van der Waals surface area contributed by atoms with Crippen molar-refractivity contribution in [2.45, 2.75) is 19.0 Å². The van der Waals surface area contributed by atoms with Crippen LogP contribution in [0.15, 0.2) is 66.7 Å². The van der Waals surface area contributed by atoms with Crippen molar-refractivity contribution in [3.8, 4) is 0 Å². The molecule has 1 N–H and O–H groups in total. The van der Waals surface area contributed by atoms with Crippen LogP contribution in [0.2, 0.25) is 5.02 Å². The molecular formula is C26H24ClFN4O3. The molecule has 5 rings (SSSR count). The number of carbonyl (C=O) groups is 1. The summed E-state index contributed by atoms with van der Waals surface area (Å²) in [5, 5.41) is 15.0. The topological polar surface area (TPSA) is 78.7 Å². The van der Waals surface area contributed by atoms with Gasteiger partial charge in [-0.3, -0.25) is 14.9 Å². The molecule has 0 bridgehead atoms. The van der Waals surface area contributed by atoms with Gasteiger partial charge in [0.25, 0.3) is 5.69 Å². The maximum atomic E-state index is 13.6. The van der Waals surface area contributed by atoms with Crippen molar-refractivity contribution in [1.82, 2.24) is 5.32 Å². The number of carbonyl (C=O) groups excluding carboxylic acids is 1. The third-order valence-corrected chi connectivity index (χ3v) is 7.01. The molecule has 1 saturated heterocycles. The molecule has 2 heterocycles. The Morgan fingerprint density at radius 3 is 2.71 bits per heavy atom. The van der Waals surface area contributed by atoms with Crippen molar-refractivity contribution in [3.05, 3.63) is 98.8 Å². The molecule has 0 spiro atoms. The van der Waals surface area contributed by atoms with Crippen molar-refractivity contribution in [3.63, 3.8) is 0 Å². The van der Waals surface area contributed by atoms with E-state index in [-0.39, 0.29) is 30.0 Å². The zero-order valence-corrected chi connectivity index (χ0v) is 19.6. The van der Waals surface area contributed by atoms with E-state index in [4.69, 9.17) is 11.6 Å². The van der Waals surface area contributed by atoms with E-state index in [1.807, 2.05) is 24.3 Å². The van der Waals surface area contributed by atoms with E-state index in [1.54, 1.807) is 24.3 Å². The number of fused-ring (bicyclic) bond motifs is 3. The Bertz CT molecular complexity index is 1290. The van der Waals surface area contributed by atoms with Crippen LogP contribution in [0.4, 0.5) is 21.5 Å². The molecule has 7 nitrogen and oxygen atoms in total. The first-order valence-electron chi connectivity index (χ1n) is 11.5. The Balaban J connectivity index is 1.43. The van der Waals surface area contributed by atoms with E-state index < -0.39 is 10.8 Å². The third-order valence-electron chi connectivity index (χ3n) is 6.77. The summed E-state index contributed by atoms with van der Waals surface area (Å²) in [4.78, 5) is 28.8. The highest BCUT2D eigenvalue weighted by molar-refractivity contribution is 6.30. The van der Waals surface area contributed by atoms with Crippen molar-refractivity contribution in [2.24, 2.45) is 5.92 Å². The van der Waals surface area contributed by atoms with Crippen LogP contribution in [0.1, 0.15) is 11.1 Å². The molecule has 0 saturated carbocycles. The first-order valence-corrected chi connectivity index (χ1v) is 11.8. The number of benzene rings is 3. The van der Waals surface area contributed by atoms with Crippen LogP contribution in [-0.2, 0) is 17.8 Å². The van der Waals surface area contributed by atoms with Crippen molar-refractivity contribution < 1.29 is 14.1 Å². The first-order chi connectivity index (χ1) is 16.9. The lowest BCUT2D eigenvalue weighted by Crippen LogP contribution is -2.61. The maximum absolute atomic E-state index is 13.6. The molecular weight excluding hydrogens is 471 g/mol. The van der Waals surface area contributed by atoms with E-state index >= 15 is 0 Å². The standard InChI is InChI=1S/C26H24ClFN4O3/c27-19-4-2-6-21(14-19)30-9-10-31-24-8-7-22(32(34)35)12-18(24)13-23(25(31)16-30)26(33)29-15-17-3-1-5-20(28)11-17/h1-8,11-12,14,23,25H,9-10,13,15-16H2,(H,29,33). The summed E-state index contributed by atoms with van der Waals surface area (Å²) in [5.41, 5.74) is 3.40. The Kier molecular flexibility index (Phi) is 6.30. The van der Waals surface area contributed by atoms with Crippen LogP contribution in [0.3, 0.4) is 0 Å². The lowest BCUT2D eigenvalue weighted by molar-refractivity contribution is -0.384. The molecule has 1 amide bonds. The number of non-ortho nitro benzene ring substituents is 1. The second kappa shape index (κ2) is 9.54. The molecule has 1 fully saturated rings. The number of nitro groups is 1. The van der Waals surface area contributed by atoms with Gasteiger partial charge >= 0.3 is 0 Å². The summed E-state index contributed by atoms with van der Waals surface area (Å²) < 4.78 is 13.6. The summed E-state index contributed by atoms with van der Waals surface area (Å²) in [5.74, 6) is -0.944. The van der Waals surface area contributed by atoms with Gasteiger partial charge in [0, 0.05) is 54.7 Å². The van der Waals surface area contributed by atoms with Gasteiger partial charge in [-0.25, -0.2) is 4.39 Å². The first kappa shape index (κ1) is 23.1. The van der Waals surface area contributed by atoms with Crippen LogP contribution in [0.5, 0.6) is 0 Å². The van der Waals surface area contributed by atoms with Crippen LogP contribution < -0.4 is 15.1 Å². The van der Waals surface area contributed by atoms with Gasteiger partial charge in [0.2, 0.25) is 5.91 Å². The minimum Gasteiger partial charge on any atom is -0.368 e. The van der Waals surface area contributed by atoms with E-state index in [2.05, 4.69) is 15.1 Å². The fourth-order valence-corrected chi connectivity index (χ4v) is 5.28. The number of halogens is 2. The average molecular weight is 495 g/mol. The Labute approximate surface area is 207 Å². The Morgan fingerprint density at radius 1 is 1.11 bits per heavy atom. The normalized spacial score (nSPS) is 19.0. The summed E-state index contributed by atoms with van der Waals surface area (Å²) in [6.07, 6.45) is 0.385. The zero-order chi connectivity index (χ0) is 24.5. The van der Waals surface area contributed by atoms with Gasteiger partial charge in [-0.15, -0.1) is 0 Å². The van der Waals surface area contributed by atoms with Crippen LogP contribution in [0.25, 0.3) is 0 Å². The van der Waals surface area contributed by atoms with Gasteiger partial charge in [-0.05, 0) is 53.9 Å². The SMILES string of the molecule is O=C(NCc1cccc(F)c1)C1Cc2cc([N+](=O)[O-])ccc2N2CCN(c3cccc(Cl)c3)CC12. The molecule has 2 unspecified atom stereocenters. The molecule has 3 aromatic rings. The number of hydrogen-bond donors (Lipinski definition) is 1. The van der Waals surface area contributed by atoms with Crippen LogP contribution in [-0.4, -0.2) is 36.5 Å². The number of hydrogen-bond acceptors (Lipinski definition) is 5. The number of rotatable bonds is 5. The van der Waals surface area contributed by atoms with E-state index in [1.165, 1.54) is 18.2 Å². The molecule has 0 aromatic heterocycles. The van der Waals surface area contributed by atoms with Gasteiger partial charge in [-0.1, -0.05) is 29.8 Å². The van der Waals surface area contributed by atoms with Crippen molar-refractivity contribution >= 4 is 34.6 Å². The summed E-state index contributed by atoms with van der Waals surface area (Å²) in [7, 11) is 0. The van der Waals surface area contributed by atoms with Gasteiger partial charge in [0.1, 0.15) is 5.82 Å². The maximum Gasteiger partial charge on any atom is 0.269 e. The molecule has 0 aliphatic carbocycles. The molecule has 9 heteroatoms. The molecule has 2 aliphatic heterocycles. The molecule has 0 radical (unpaired) electrons. The number of piperazine rings is 1. The number of amides is 1. The molecule has 2 aliphatic rings. The minimum absolute atomic E-state index is 0.0127. The summed E-state index contributed by atoms with van der Waals surface area (Å²) in [6.45, 7) is 2.20. The second-order valence-electron chi connectivity index (χ2n) is 8.92. The van der Waals surface area contributed by atoms with E-state index in [0.29, 0.717) is 30.1 Å². The minimum atomic E-state index is -0.431. The second-order valence-corrected chi connectivity index (χ2v) is 9.35. The lowest BCUT2D eigenvalue weighted by Gasteiger charge is -2.49. The molecule has 3 aromatic carbocycles. The fourth-order valence-electron chi connectivity index (χ4n) is 5.10. The number of nitrogens with zero attached hydrogens (tertiary/aromatic N) is 3. The quantitative estimate of drug-likeness (QED) is 0.415. The van der Waals surface area contributed by atoms with Gasteiger partial charge in [0.15, 0.2) is 0 Å². The smallest absolute Gasteiger partial charge is 0.269 e. The molecule has 2 atom stereocenters. The average Bonchev–Trinajstić information content (AvgIpc) is 2.86. The fraction of sp³-hybridized carbons (Fsp3) is 0.269. The largest absolute Gasteiger partial charge is 0.368 e. The Morgan fingerprint density at radius 2 is 1.94 bits per heavy atom. The third kappa shape index (κ3) is 4.79. The highest BCUT2D eigenvalue weighted by Gasteiger charge is 2.42. The molecule has 180 valence electrons. The monoisotopic (exact) mass is 494 g/mol. The highest BCUT2D eigenvalue weighted by atomic mass is 35.5. The van der Waals surface area contributed by atoms with E-state index in [0.717, 1.165) is 23.5 Å². The van der Waals surface area contributed by atoms with Crippen molar-refractivity contribution in [1.29, 1.82) is 0 Å². The van der Waals surface area contributed by atoms with Crippen molar-refractivity contribution in [2.75, 3.05) is 29.4 Å². The highest BCUT2D eigenvalue weighted by Crippen LogP contribution is 2.38. The van der Waals surface area contributed by atoms with Gasteiger partial charge in [0.05, 0.1) is 16.9 Å². The van der Waals surface area contributed by atoms with E-state index in [9.17, 15) is 19.3 Å². The van der Waals surface area contributed by atoms with Gasteiger partial charge < -0.3 is 15.1 Å². The zero-order valence-electron chi connectivity index (χ0n) is 18.9. The number of nitrogens with one attached hydrogen (secondary N) is 1. The van der Waals surface area contributed by atoms with Crippen LogP contribution >= 0.6 is 11.6 Å². The Hall–Kier alpha value is -3.65. The molecule has 35 heavy (non-hydrogen) atoms. The predicted octanol–water partition coefficient (Wildman–Crippen LogP) is 4.57. The predicted molar refractivity (Wildman–Crippen MR) is 133 cm³/mol. The summed E-state index contributed by atoms with van der Waals surface area (Å²) in [6, 6.07) is 18.5. The van der Waals surface area contributed by atoms with Crippen LogP contribution in [0, 0.1) is 21.8 Å². The lowest BCUT2D eigenvalue weighted by atomic mass is 9.83.